The van der Waals surface area contributed by atoms with Crippen LogP contribution in [0.1, 0.15) is 32.6 Å². The summed E-state index contributed by atoms with van der Waals surface area (Å²) in [7, 11) is 1.68. The Hall–Kier alpha value is -0.0700. The molecule has 2 N–H and O–H groups in total. The summed E-state index contributed by atoms with van der Waals surface area (Å²) < 4.78 is 5.30. The number of amides is 1. The zero-order valence-electron chi connectivity index (χ0n) is 13.7. The fourth-order valence-corrected chi connectivity index (χ4v) is 3.16. The van der Waals surface area contributed by atoms with E-state index in [1.54, 1.807) is 7.11 Å². The number of rotatable bonds is 8. The molecule has 1 aliphatic carbocycles. The molecule has 0 aromatic carbocycles. The van der Waals surface area contributed by atoms with E-state index < -0.39 is 0 Å². The van der Waals surface area contributed by atoms with Crippen molar-refractivity contribution in [2.45, 2.75) is 38.6 Å². The predicted molar refractivity (Wildman–Crippen MR) is 94.2 cm³/mol. The summed E-state index contributed by atoms with van der Waals surface area (Å²) in [4.78, 5) is 15.0. The van der Waals surface area contributed by atoms with Gasteiger partial charge in [-0.25, -0.2) is 0 Å². The Kier molecular flexibility index (Phi) is 10.6. The monoisotopic (exact) mass is 355 g/mol. The molecule has 1 heterocycles. The number of likely N-dealkylation sites (N-methyl/N-ethyl adjacent to an activating group) is 1. The van der Waals surface area contributed by atoms with E-state index in [0.29, 0.717) is 6.61 Å². The number of ether oxygens (including phenoxy) is 1. The molecule has 0 spiro atoms. The maximum absolute atomic E-state index is 12.5. The second-order valence-electron chi connectivity index (χ2n) is 6.08. The van der Waals surface area contributed by atoms with Gasteiger partial charge in [0, 0.05) is 26.2 Å². The van der Waals surface area contributed by atoms with Crippen molar-refractivity contribution in [2.24, 2.45) is 5.41 Å². The minimum Gasteiger partial charge on any atom is -0.384 e. The van der Waals surface area contributed by atoms with Crippen LogP contribution in [0.4, 0.5) is 0 Å². The number of halogens is 2. The van der Waals surface area contributed by atoms with Crippen molar-refractivity contribution >= 4 is 30.7 Å². The molecule has 0 aromatic rings. The topological polar surface area (TPSA) is 53.6 Å². The van der Waals surface area contributed by atoms with Crippen LogP contribution >= 0.6 is 24.8 Å². The third kappa shape index (κ3) is 5.85. The zero-order valence-corrected chi connectivity index (χ0v) is 15.4. The van der Waals surface area contributed by atoms with E-state index in [-0.39, 0.29) is 36.1 Å². The van der Waals surface area contributed by atoms with Crippen LogP contribution in [0.2, 0.25) is 0 Å². The van der Waals surface area contributed by atoms with E-state index in [1.165, 1.54) is 12.8 Å². The van der Waals surface area contributed by atoms with Gasteiger partial charge in [0.2, 0.25) is 5.91 Å². The van der Waals surface area contributed by atoms with Crippen molar-refractivity contribution in [1.82, 2.24) is 15.5 Å². The first-order valence-corrected chi connectivity index (χ1v) is 7.94. The molecule has 0 atom stereocenters. The number of methoxy groups -OCH3 is 1. The Balaban J connectivity index is 0.00000220. The van der Waals surface area contributed by atoms with E-state index in [0.717, 1.165) is 51.6 Å². The molecule has 2 fully saturated rings. The van der Waals surface area contributed by atoms with Crippen LogP contribution in [0, 0.1) is 5.41 Å². The number of carbonyl (C=O) groups is 1. The summed E-state index contributed by atoms with van der Waals surface area (Å²) in [6, 6.07) is 0.767. The molecule has 1 saturated heterocycles. The smallest absolute Gasteiger partial charge is 0.228 e. The molecular weight excluding hydrogens is 325 g/mol. The van der Waals surface area contributed by atoms with Crippen molar-refractivity contribution < 1.29 is 9.53 Å². The molecule has 0 unspecified atom stereocenters. The average Bonchev–Trinajstić information content (AvgIpc) is 3.29. The molecule has 132 valence electrons. The Bertz CT molecular complexity index is 316. The van der Waals surface area contributed by atoms with Crippen LogP contribution in [-0.4, -0.2) is 63.3 Å². The lowest BCUT2D eigenvalue weighted by molar-refractivity contribution is -0.136. The first-order chi connectivity index (χ1) is 9.72. The third-order valence-corrected chi connectivity index (χ3v) is 4.62. The highest BCUT2D eigenvalue weighted by Gasteiger charge is 2.39. The van der Waals surface area contributed by atoms with Crippen LogP contribution in [-0.2, 0) is 9.53 Å². The van der Waals surface area contributed by atoms with Gasteiger partial charge in [-0.2, -0.15) is 0 Å². The molecule has 0 aromatic heterocycles. The lowest BCUT2D eigenvalue weighted by Crippen LogP contribution is -2.51. The van der Waals surface area contributed by atoms with Crippen molar-refractivity contribution in [3.63, 3.8) is 0 Å². The molecule has 1 amide bonds. The van der Waals surface area contributed by atoms with Crippen molar-refractivity contribution in [3.8, 4) is 0 Å². The normalized spacial score (nSPS) is 20.0. The quantitative estimate of drug-likeness (QED) is 0.691. The summed E-state index contributed by atoms with van der Waals surface area (Å²) in [6.07, 6.45) is 4.38. The minimum atomic E-state index is -0.323. The zero-order chi connectivity index (χ0) is 14.4. The SMILES string of the molecule is CCN(CCNC(=O)C1(COC)CCNCC1)C1CC1.Cl.Cl. The lowest BCUT2D eigenvalue weighted by Gasteiger charge is -2.35. The Morgan fingerprint density at radius 3 is 2.45 bits per heavy atom. The second kappa shape index (κ2) is 10.7. The highest BCUT2D eigenvalue weighted by Crippen LogP contribution is 2.29. The first kappa shape index (κ1) is 21.9. The molecular formula is C15H31Cl2N3O2. The molecule has 0 bridgehead atoms. The summed E-state index contributed by atoms with van der Waals surface area (Å²) >= 11 is 0. The van der Waals surface area contributed by atoms with Gasteiger partial charge in [0.25, 0.3) is 0 Å². The van der Waals surface area contributed by atoms with Crippen LogP contribution in [0.15, 0.2) is 0 Å². The van der Waals surface area contributed by atoms with Crippen LogP contribution < -0.4 is 10.6 Å². The standard InChI is InChI=1S/C15H29N3O2.2ClH/c1-3-18(13-4-5-13)11-10-17-14(19)15(12-20-2)6-8-16-9-7-15;;/h13,16H,3-12H2,1-2H3,(H,17,19);2*1H. The molecule has 7 heteroatoms. The van der Waals surface area contributed by atoms with Crippen molar-refractivity contribution in [2.75, 3.05) is 46.4 Å². The maximum atomic E-state index is 12.5. The molecule has 2 rings (SSSR count). The van der Waals surface area contributed by atoms with E-state index in [4.69, 9.17) is 4.74 Å². The Labute approximate surface area is 146 Å². The summed E-state index contributed by atoms with van der Waals surface area (Å²) in [5, 5.41) is 6.45. The van der Waals surface area contributed by atoms with Gasteiger partial charge in [-0.05, 0) is 45.3 Å². The lowest BCUT2D eigenvalue weighted by atomic mass is 9.78. The van der Waals surface area contributed by atoms with Crippen LogP contribution in [0.25, 0.3) is 0 Å². The van der Waals surface area contributed by atoms with Gasteiger partial charge in [-0.1, -0.05) is 6.92 Å². The maximum Gasteiger partial charge on any atom is 0.228 e. The highest BCUT2D eigenvalue weighted by atomic mass is 35.5. The van der Waals surface area contributed by atoms with E-state index in [2.05, 4.69) is 22.5 Å². The van der Waals surface area contributed by atoms with Gasteiger partial charge < -0.3 is 15.4 Å². The van der Waals surface area contributed by atoms with Gasteiger partial charge >= 0.3 is 0 Å². The number of piperidine rings is 1. The fraction of sp³-hybridized carbons (Fsp3) is 0.933. The van der Waals surface area contributed by atoms with Crippen LogP contribution in [0.5, 0.6) is 0 Å². The second-order valence-corrected chi connectivity index (χ2v) is 6.08. The number of nitrogens with one attached hydrogen (secondary N) is 2. The summed E-state index contributed by atoms with van der Waals surface area (Å²) in [6.45, 7) is 7.32. The first-order valence-electron chi connectivity index (χ1n) is 7.94. The molecule has 2 aliphatic rings. The molecule has 5 nitrogen and oxygen atoms in total. The summed E-state index contributed by atoms with van der Waals surface area (Å²) in [5.74, 6) is 0.174. The molecule has 22 heavy (non-hydrogen) atoms. The number of nitrogens with zero attached hydrogens (tertiary/aromatic N) is 1. The van der Waals surface area contributed by atoms with Gasteiger partial charge in [-0.3, -0.25) is 9.69 Å². The highest BCUT2D eigenvalue weighted by molar-refractivity contribution is 5.85. The Morgan fingerprint density at radius 1 is 1.32 bits per heavy atom. The Morgan fingerprint density at radius 2 is 1.95 bits per heavy atom. The summed E-state index contributed by atoms with van der Waals surface area (Å²) in [5.41, 5.74) is -0.323. The van der Waals surface area contributed by atoms with Gasteiger partial charge in [0.15, 0.2) is 0 Å². The number of carbonyl (C=O) groups excluding carboxylic acids is 1. The van der Waals surface area contributed by atoms with Gasteiger partial charge in [0.05, 0.1) is 12.0 Å². The minimum absolute atomic E-state index is 0. The van der Waals surface area contributed by atoms with Crippen molar-refractivity contribution in [1.29, 1.82) is 0 Å². The fourth-order valence-electron chi connectivity index (χ4n) is 3.16. The number of hydrogen-bond acceptors (Lipinski definition) is 4. The molecule has 1 aliphatic heterocycles. The van der Waals surface area contributed by atoms with E-state index in [1.807, 2.05) is 0 Å². The van der Waals surface area contributed by atoms with E-state index >= 15 is 0 Å². The largest absolute Gasteiger partial charge is 0.384 e. The predicted octanol–water partition coefficient (Wildman–Crippen LogP) is 1.45. The van der Waals surface area contributed by atoms with E-state index in [9.17, 15) is 4.79 Å². The third-order valence-electron chi connectivity index (χ3n) is 4.62. The van der Waals surface area contributed by atoms with Crippen LogP contribution in [0.3, 0.4) is 0 Å². The van der Waals surface area contributed by atoms with Gasteiger partial charge in [-0.15, -0.1) is 24.8 Å². The van der Waals surface area contributed by atoms with Crippen molar-refractivity contribution in [3.05, 3.63) is 0 Å². The van der Waals surface area contributed by atoms with Gasteiger partial charge in [0.1, 0.15) is 0 Å². The number of hydrogen-bond donors (Lipinski definition) is 2. The molecule has 0 radical (unpaired) electrons. The molecule has 1 saturated carbocycles. The average molecular weight is 356 g/mol.